The van der Waals surface area contributed by atoms with Crippen molar-refractivity contribution in [2.75, 3.05) is 0 Å². The van der Waals surface area contributed by atoms with Crippen LogP contribution in [0, 0.1) is 11.6 Å². The van der Waals surface area contributed by atoms with Crippen LogP contribution in [0.25, 0.3) is 22.1 Å². The molecule has 1 heterocycles. The van der Waals surface area contributed by atoms with Crippen molar-refractivity contribution >= 4 is 22.8 Å². The summed E-state index contributed by atoms with van der Waals surface area (Å²) in [6.45, 7) is 0.494. The molecule has 5 aromatic rings. The van der Waals surface area contributed by atoms with Gasteiger partial charge >= 0.3 is 5.97 Å². The number of carboxylic acids is 1. The number of carbonyl (C=O) groups is 2. The van der Waals surface area contributed by atoms with Gasteiger partial charge < -0.3 is 25.3 Å². The summed E-state index contributed by atoms with van der Waals surface area (Å²) in [6, 6.07) is 23.0. The first-order valence-electron chi connectivity index (χ1n) is 12.8. The normalized spacial score (nSPS) is 11.0. The van der Waals surface area contributed by atoms with E-state index in [1.165, 1.54) is 0 Å². The molecule has 5 rings (SSSR count). The first kappa shape index (κ1) is 27.5. The lowest BCUT2D eigenvalue weighted by molar-refractivity contribution is -0.136. The first-order valence-corrected chi connectivity index (χ1v) is 12.8. The summed E-state index contributed by atoms with van der Waals surface area (Å²) in [5, 5.41) is 12.6. The summed E-state index contributed by atoms with van der Waals surface area (Å²) in [7, 11) is 0. The highest BCUT2D eigenvalue weighted by Crippen LogP contribution is 2.34. The third-order valence-corrected chi connectivity index (χ3v) is 6.51. The number of nitrogens with one attached hydrogen (secondary N) is 1. The Morgan fingerprint density at radius 3 is 2.54 bits per heavy atom. The molecule has 0 saturated carbocycles. The number of rotatable bonds is 10. The minimum atomic E-state index is -0.955. The predicted octanol–water partition coefficient (Wildman–Crippen LogP) is 5.97. The summed E-state index contributed by atoms with van der Waals surface area (Å²) < 4.78 is 39.4. The van der Waals surface area contributed by atoms with Gasteiger partial charge in [-0.1, -0.05) is 36.4 Å². The van der Waals surface area contributed by atoms with Crippen molar-refractivity contribution in [1.29, 1.82) is 0 Å². The second-order valence-corrected chi connectivity index (χ2v) is 9.45. The second kappa shape index (κ2) is 12.0. The van der Waals surface area contributed by atoms with E-state index in [9.17, 15) is 23.5 Å². The van der Waals surface area contributed by atoms with Crippen molar-refractivity contribution in [2.24, 2.45) is 5.73 Å². The minimum absolute atomic E-state index is 0.0268. The number of para-hydroxylation sites is 1. The van der Waals surface area contributed by atoms with Crippen molar-refractivity contribution in [3.63, 3.8) is 0 Å². The molecule has 0 atom stereocenters. The molecule has 0 unspecified atom stereocenters. The fraction of sp³-hybridized carbons (Fsp3) is 0.125. The van der Waals surface area contributed by atoms with Gasteiger partial charge in [-0.2, -0.15) is 0 Å². The number of furan rings is 1. The van der Waals surface area contributed by atoms with Crippen molar-refractivity contribution < 1.29 is 32.6 Å². The summed E-state index contributed by atoms with van der Waals surface area (Å²) >= 11 is 0. The number of carboxylic acid groups (broad SMARTS) is 1. The maximum absolute atomic E-state index is 14.0. The molecule has 0 saturated heterocycles. The highest BCUT2D eigenvalue weighted by molar-refractivity contribution is 5.95. The predicted molar refractivity (Wildman–Crippen MR) is 149 cm³/mol. The van der Waals surface area contributed by atoms with Gasteiger partial charge in [0.05, 0.1) is 18.5 Å². The molecule has 41 heavy (non-hydrogen) atoms. The van der Waals surface area contributed by atoms with Gasteiger partial charge in [-0.05, 0) is 59.2 Å². The standard InChI is InChI=1S/C32H26F2N2O5/c33-24-8-9-26(28(34)15-24)32(39)36-17-25-13-23-11-20(18-40-29-7-2-1-5-22(29)14-30(37)38)12-27(31(23)41-25)21-6-3-4-19(10-21)16-35/h1-13,15H,14,16-18,35H2,(H,36,39)(H,37,38). The molecule has 0 fully saturated rings. The topological polar surface area (TPSA) is 115 Å². The number of amides is 1. The van der Waals surface area contributed by atoms with E-state index in [2.05, 4.69) is 5.32 Å². The molecule has 0 aliphatic carbocycles. The number of hydrogen-bond donors (Lipinski definition) is 3. The maximum atomic E-state index is 14.0. The SMILES string of the molecule is NCc1cccc(-c2cc(COc3ccccc3CC(=O)O)cc3cc(CNC(=O)c4ccc(F)cc4F)oc23)c1. The number of ether oxygens (including phenoxy) is 1. The monoisotopic (exact) mass is 556 g/mol. The van der Waals surface area contributed by atoms with E-state index in [1.807, 2.05) is 36.4 Å². The summed E-state index contributed by atoms with van der Waals surface area (Å²) in [5.74, 6) is -2.48. The molecule has 0 spiro atoms. The summed E-state index contributed by atoms with van der Waals surface area (Å²) in [5.41, 5.74) is 10.1. The third kappa shape index (κ3) is 6.42. The molecule has 0 aliphatic rings. The quantitative estimate of drug-likeness (QED) is 0.195. The average molecular weight is 557 g/mol. The van der Waals surface area contributed by atoms with Crippen molar-refractivity contribution in [1.82, 2.24) is 5.32 Å². The van der Waals surface area contributed by atoms with E-state index in [0.717, 1.165) is 39.8 Å². The van der Waals surface area contributed by atoms with Crippen LogP contribution in [-0.4, -0.2) is 17.0 Å². The molecule has 0 aliphatic heterocycles. The Morgan fingerprint density at radius 2 is 1.76 bits per heavy atom. The molecule has 1 aromatic heterocycles. The zero-order valence-electron chi connectivity index (χ0n) is 21.8. The van der Waals surface area contributed by atoms with E-state index in [-0.39, 0.29) is 25.1 Å². The fourth-order valence-corrected chi connectivity index (χ4v) is 4.57. The van der Waals surface area contributed by atoms with Crippen LogP contribution in [0.15, 0.2) is 89.3 Å². The van der Waals surface area contributed by atoms with Crippen molar-refractivity contribution in [3.8, 4) is 16.9 Å². The average Bonchev–Trinajstić information content (AvgIpc) is 3.38. The summed E-state index contributed by atoms with van der Waals surface area (Å²) in [6.07, 6.45) is -0.162. The van der Waals surface area contributed by atoms with Crippen LogP contribution in [0.3, 0.4) is 0 Å². The maximum Gasteiger partial charge on any atom is 0.307 e. The Balaban J connectivity index is 1.45. The van der Waals surface area contributed by atoms with E-state index in [0.29, 0.717) is 35.3 Å². The van der Waals surface area contributed by atoms with E-state index in [1.54, 1.807) is 30.3 Å². The molecule has 208 valence electrons. The lowest BCUT2D eigenvalue weighted by Crippen LogP contribution is -2.23. The lowest BCUT2D eigenvalue weighted by Gasteiger charge is -2.12. The molecule has 0 bridgehead atoms. The molecular weight excluding hydrogens is 530 g/mol. The van der Waals surface area contributed by atoms with Gasteiger partial charge in [0.2, 0.25) is 0 Å². The highest BCUT2D eigenvalue weighted by atomic mass is 19.1. The highest BCUT2D eigenvalue weighted by Gasteiger charge is 2.17. The van der Waals surface area contributed by atoms with Gasteiger partial charge in [0.1, 0.15) is 35.3 Å². The Labute approximate surface area is 234 Å². The molecule has 4 N–H and O–H groups in total. The summed E-state index contributed by atoms with van der Waals surface area (Å²) in [4.78, 5) is 23.8. The Kier molecular flexibility index (Phi) is 8.07. The smallest absolute Gasteiger partial charge is 0.307 e. The van der Waals surface area contributed by atoms with E-state index >= 15 is 0 Å². The van der Waals surface area contributed by atoms with Gasteiger partial charge in [0, 0.05) is 29.1 Å². The van der Waals surface area contributed by atoms with Crippen LogP contribution in [0.2, 0.25) is 0 Å². The first-order chi connectivity index (χ1) is 19.8. The Hall–Kier alpha value is -5.02. The third-order valence-electron chi connectivity index (χ3n) is 6.51. The largest absolute Gasteiger partial charge is 0.489 e. The lowest BCUT2D eigenvalue weighted by atomic mass is 9.99. The minimum Gasteiger partial charge on any atom is -0.489 e. The fourth-order valence-electron chi connectivity index (χ4n) is 4.57. The molecule has 9 heteroatoms. The van der Waals surface area contributed by atoms with E-state index in [4.69, 9.17) is 14.9 Å². The zero-order chi connectivity index (χ0) is 28.9. The number of halogens is 2. The van der Waals surface area contributed by atoms with Gasteiger partial charge in [-0.3, -0.25) is 9.59 Å². The number of carbonyl (C=O) groups excluding carboxylic acids is 1. The van der Waals surface area contributed by atoms with Crippen LogP contribution >= 0.6 is 0 Å². The van der Waals surface area contributed by atoms with Gasteiger partial charge in [0.15, 0.2) is 0 Å². The molecular formula is C32H26F2N2O5. The van der Waals surface area contributed by atoms with Gasteiger partial charge in [0.25, 0.3) is 5.91 Å². The molecule has 4 aromatic carbocycles. The molecule has 1 amide bonds. The molecule has 7 nitrogen and oxygen atoms in total. The number of benzene rings is 4. The number of hydrogen-bond acceptors (Lipinski definition) is 5. The number of fused-ring (bicyclic) bond motifs is 1. The van der Waals surface area contributed by atoms with Crippen molar-refractivity contribution in [3.05, 3.63) is 125 Å². The van der Waals surface area contributed by atoms with E-state index < -0.39 is 23.5 Å². The van der Waals surface area contributed by atoms with Crippen LogP contribution in [0.5, 0.6) is 5.75 Å². The Bertz CT molecular complexity index is 1750. The number of nitrogens with two attached hydrogens (primary N) is 1. The second-order valence-electron chi connectivity index (χ2n) is 9.45. The van der Waals surface area contributed by atoms with Gasteiger partial charge in [-0.25, -0.2) is 8.78 Å². The zero-order valence-corrected chi connectivity index (χ0v) is 21.8. The van der Waals surface area contributed by atoms with Crippen LogP contribution in [0.4, 0.5) is 8.78 Å². The van der Waals surface area contributed by atoms with Crippen molar-refractivity contribution in [2.45, 2.75) is 26.1 Å². The van der Waals surface area contributed by atoms with Gasteiger partial charge in [-0.15, -0.1) is 0 Å². The van der Waals surface area contributed by atoms with Crippen LogP contribution in [-0.2, 0) is 30.9 Å². The van der Waals surface area contributed by atoms with Crippen LogP contribution in [0.1, 0.15) is 32.8 Å². The number of aliphatic carboxylic acids is 1. The Morgan fingerprint density at radius 1 is 0.927 bits per heavy atom. The van der Waals surface area contributed by atoms with Crippen LogP contribution < -0.4 is 15.8 Å². The molecule has 0 radical (unpaired) electrons.